The molecule has 1 aromatic heterocycles. The minimum absolute atomic E-state index is 0.00425. The Morgan fingerprint density at radius 3 is 2.58 bits per heavy atom. The number of aromatic nitrogens is 2. The first-order valence-electron chi connectivity index (χ1n) is 12.7. The maximum Gasteiger partial charge on any atom is 0.411 e. The Morgan fingerprint density at radius 2 is 1.87 bits per heavy atom. The van der Waals surface area contributed by atoms with Gasteiger partial charge in [-0.05, 0) is 53.8 Å². The van der Waals surface area contributed by atoms with Crippen LogP contribution in [0.5, 0.6) is 0 Å². The smallest absolute Gasteiger partial charge is 0.411 e. The molecule has 2 heterocycles. The van der Waals surface area contributed by atoms with E-state index in [4.69, 9.17) is 10.7 Å². The molecule has 8 nitrogen and oxygen atoms in total. The third kappa shape index (κ3) is 5.17. The summed E-state index contributed by atoms with van der Waals surface area (Å²) in [6.07, 6.45) is 0.881. The first-order valence-corrected chi connectivity index (χ1v) is 12.7. The number of rotatable bonds is 7. The van der Waals surface area contributed by atoms with Crippen molar-refractivity contribution in [1.82, 2.24) is 14.9 Å². The van der Waals surface area contributed by atoms with Gasteiger partial charge >= 0.3 is 6.09 Å². The number of fused-ring (bicyclic) bond motifs is 1. The van der Waals surface area contributed by atoms with E-state index in [2.05, 4.69) is 27.2 Å². The highest BCUT2D eigenvalue weighted by atomic mass is 16.5. The second-order valence-corrected chi connectivity index (χ2v) is 9.43. The van der Waals surface area contributed by atoms with E-state index < -0.39 is 6.09 Å². The SMILES string of the molecule is COC(=O)Nc1ccc(-c2[nH]c([C@H](Cc3ccccc3)N3CCc4cc(CN)ccc4C3=O)nc2C)cc1. The summed E-state index contributed by atoms with van der Waals surface area (Å²) in [5.41, 5.74) is 13.0. The summed E-state index contributed by atoms with van der Waals surface area (Å²) in [4.78, 5) is 35.6. The molecule has 3 aromatic carbocycles. The Kier molecular flexibility index (Phi) is 7.24. The molecule has 0 aliphatic carbocycles. The number of methoxy groups -OCH3 is 1. The van der Waals surface area contributed by atoms with Crippen LogP contribution in [0.3, 0.4) is 0 Å². The molecule has 1 atom stereocenters. The number of hydrogen-bond donors (Lipinski definition) is 3. The summed E-state index contributed by atoms with van der Waals surface area (Å²) < 4.78 is 4.66. The van der Waals surface area contributed by atoms with Gasteiger partial charge in [0.05, 0.1) is 24.5 Å². The van der Waals surface area contributed by atoms with Gasteiger partial charge in [-0.1, -0.05) is 54.6 Å². The van der Waals surface area contributed by atoms with Crippen LogP contribution in [0.2, 0.25) is 0 Å². The van der Waals surface area contributed by atoms with E-state index in [-0.39, 0.29) is 11.9 Å². The van der Waals surface area contributed by atoms with Crippen molar-refractivity contribution in [2.75, 3.05) is 19.0 Å². The van der Waals surface area contributed by atoms with Gasteiger partial charge in [-0.2, -0.15) is 0 Å². The summed E-state index contributed by atoms with van der Waals surface area (Å²) in [6.45, 7) is 3.01. The number of carbonyl (C=O) groups is 2. The number of carbonyl (C=O) groups excluding carboxylic acids is 2. The average Bonchev–Trinajstić information content (AvgIpc) is 3.34. The van der Waals surface area contributed by atoms with Crippen LogP contribution in [0.4, 0.5) is 10.5 Å². The maximum atomic E-state index is 13.7. The minimum atomic E-state index is -0.520. The number of aromatic amines is 1. The highest BCUT2D eigenvalue weighted by molar-refractivity contribution is 5.97. The van der Waals surface area contributed by atoms with E-state index in [1.807, 2.05) is 72.5 Å². The maximum absolute atomic E-state index is 13.7. The fraction of sp³-hybridized carbons (Fsp3) is 0.233. The zero-order valence-corrected chi connectivity index (χ0v) is 21.5. The molecule has 1 aliphatic heterocycles. The molecule has 8 heteroatoms. The Bertz CT molecular complexity index is 1450. The van der Waals surface area contributed by atoms with E-state index in [0.29, 0.717) is 25.2 Å². The fourth-order valence-electron chi connectivity index (χ4n) is 4.99. The lowest BCUT2D eigenvalue weighted by Crippen LogP contribution is -2.41. The molecule has 0 bridgehead atoms. The zero-order valence-electron chi connectivity index (χ0n) is 21.5. The van der Waals surface area contributed by atoms with E-state index in [1.165, 1.54) is 7.11 Å². The number of H-pyrrole nitrogens is 1. The van der Waals surface area contributed by atoms with Crippen LogP contribution >= 0.6 is 0 Å². The van der Waals surface area contributed by atoms with E-state index in [0.717, 1.165) is 51.5 Å². The molecule has 2 amide bonds. The molecule has 0 spiro atoms. The van der Waals surface area contributed by atoms with Crippen molar-refractivity contribution in [3.05, 3.63) is 107 Å². The molecule has 0 unspecified atom stereocenters. The molecule has 194 valence electrons. The molecule has 5 rings (SSSR count). The lowest BCUT2D eigenvalue weighted by atomic mass is 9.94. The van der Waals surface area contributed by atoms with Crippen LogP contribution in [0.25, 0.3) is 11.3 Å². The summed E-state index contributed by atoms with van der Waals surface area (Å²) in [6, 6.07) is 23.2. The number of aryl methyl sites for hydroxylation is 1. The Hall–Kier alpha value is -4.43. The lowest BCUT2D eigenvalue weighted by molar-refractivity contribution is 0.0648. The highest BCUT2D eigenvalue weighted by Gasteiger charge is 2.33. The van der Waals surface area contributed by atoms with Crippen LogP contribution in [0, 0.1) is 6.92 Å². The summed E-state index contributed by atoms with van der Waals surface area (Å²) in [5, 5.41) is 2.66. The van der Waals surface area contributed by atoms with Gasteiger partial charge in [0.15, 0.2) is 0 Å². The molecule has 0 saturated carbocycles. The monoisotopic (exact) mass is 509 g/mol. The summed E-state index contributed by atoms with van der Waals surface area (Å²) in [7, 11) is 1.33. The molecule has 0 fully saturated rings. The number of nitrogens with two attached hydrogens (primary N) is 1. The van der Waals surface area contributed by atoms with E-state index in [9.17, 15) is 9.59 Å². The number of nitrogens with zero attached hydrogens (tertiary/aromatic N) is 2. The largest absolute Gasteiger partial charge is 0.453 e. The minimum Gasteiger partial charge on any atom is -0.453 e. The summed E-state index contributed by atoms with van der Waals surface area (Å²) in [5.74, 6) is 0.748. The molecular formula is C30H31N5O3. The number of ether oxygens (including phenoxy) is 1. The lowest BCUT2D eigenvalue weighted by Gasteiger charge is -2.35. The van der Waals surface area contributed by atoms with Gasteiger partial charge in [-0.25, -0.2) is 9.78 Å². The van der Waals surface area contributed by atoms with Gasteiger partial charge < -0.3 is 20.4 Å². The van der Waals surface area contributed by atoms with Crippen LogP contribution in [0.1, 0.15) is 44.6 Å². The normalized spacial score (nSPS) is 13.7. The summed E-state index contributed by atoms with van der Waals surface area (Å²) >= 11 is 0. The topological polar surface area (TPSA) is 113 Å². The van der Waals surface area contributed by atoms with E-state index in [1.54, 1.807) is 0 Å². The molecule has 4 aromatic rings. The van der Waals surface area contributed by atoms with Crippen molar-refractivity contribution in [3.63, 3.8) is 0 Å². The van der Waals surface area contributed by atoms with Gasteiger partial charge in [0.2, 0.25) is 0 Å². The van der Waals surface area contributed by atoms with Gasteiger partial charge in [0.1, 0.15) is 5.82 Å². The van der Waals surface area contributed by atoms with Crippen molar-refractivity contribution in [3.8, 4) is 11.3 Å². The molecule has 0 radical (unpaired) electrons. The number of nitrogens with one attached hydrogen (secondary N) is 2. The molecule has 4 N–H and O–H groups in total. The molecule has 1 aliphatic rings. The number of imidazole rings is 1. The third-order valence-electron chi connectivity index (χ3n) is 6.99. The average molecular weight is 510 g/mol. The van der Waals surface area contributed by atoms with Crippen LogP contribution in [0.15, 0.2) is 72.8 Å². The van der Waals surface area contributed by atoms with Crippen LogP contribution in [-0.2, 0) is 24.1 Å². The number of anilines is 1. The van der Waals surface area contributed by atoms with Gasteiger partial charge in [-0.3, -0.25) is 10.1 Å². The van der Waals surface area contributed by atoms with Gasteiger partial charge in [-0.15, -0.1) is 0 Å². The van der Waals surface area contributed by atoms with Crippen molar-refractivity contribution >= 4 is 17.7 Å². The van der Waals surface area contributed by atoms with Crippen LogP contribution in [-0.4, -0.2) is 40.5 Å². The number of hydrogen-bond acceptors (Lipinski definition) is 5. The standard InChI is InChI=1S/C30H31N5O3/c1-19-27(22-9-11-24(12-10-22)33-30(37)38-2)34-28(32-19)26(17-20-6-4-3-5-7-20)35-15-14-23-16-21(18-31)8-13-25(23)29(35)36/h3-13,16,26H,14-15,17-18,31H2,1-2H3,(H,32,34)(H,33,37)/t26-/m0/s1. The number of amides is 2. The molecule has 38 heavy (non-hydrogen) atoms. The predicted molar refractivity (Wildman–Crippen MR) is 147 cm³/mol. The van der Waals surface area contributed by atoms with Gasteiger partial charge in [0.25, 0.3) is 5.91 Å². The fourth-order valence-corrected chi connectivity index (χ4v) is 4.99. The van der Waals surface area contributed by atoms with Crippen molar-refractivity contribution in [2.45, 2.75) is 32.4 Å². The van der Waals surface area contributed by atoms with Crippen LogP contribution < -0.4 is 11.1 Å². The predicted octanol–water partition coefficient (Wildman–Crippen LogP) is 5.00. The first-order chi connectivity index (χ1) is 18.5. The zero-order chi connectivity index (χ0) is 26.6. The van der Waals surface area contributed by atoms with E-state index >= 15 is 0 Å². The quantitative estimate of drug-likeness (QED) is 0.324. The second-order valence-electron chi connectivity index (χ2n) is 9.43. The second kappa shape index (κ2) is 10.9. The first kappa shape index (κ1) is 25.2. The third-order valence-corrected chi connectivity index (χ3v) is 6.99. The number of benzene rings is 3. The Labute approximate surface area is 221 Å². The van der Waals surface area contributed by atoms with Crippen molar-refractivity contribution in [1.29, 1.82) is 0 Å². The highest BCUT2D eigenvalue weighted by Crippen LogP contribution is 2.32. The molecular weight excluding hydrogens is 478 g/mol. The van der Waals surface area contributed by atoms with Crippen molar-refractivity contribution in [2.24, 2.45) is 5.73 Å². The Morgan fingerprint density at radius 1 is 1.11 bits per heavy atom. The van der Waals surface area contributed by atoms with Gasteiger partial charge in [0, 0.05) is 30.8 Å². The Balaban J connectivity index is 1.48. The van der Waals surface area contributed by atoms with Crippen molar-refractivity contribution < 1.29 is 14.3 Å². The molecule has 0 saturated heterocycles.